The lowest BCUT2D eigenvalue weighted by Crippen LogP contribution is -2.35. The second-order valence-electron chi connectivity index (χ2n) is 11.3. The summed E-state index contributed by atoms with van der Waals surface area (Å²) in [6, 6.07) is 5.38. The second-order valence-corrected chi connectivity index (χ2v) is 11.3. The second kappa shape index (κ2) is 8.55. The number of allylic oxidation sites excluding steroid dienone is 7. The highest BCUT2D eigenvalue weighted by Crippen LogP contribution is 2.46. The smallest absolute Gasteiger partial charge is 0.162 e. The number of phenols is 1. The number of hydrogen-bond donors (Lipinski definition) is 2. The monoisotopic (exact) mass is 447 g/mol. The van der Waals surface area contributed by atoms with Gasteiger partial charge in [-0.15, -0.1) is 0 Å². The fourth-order valence-electron chi connectivity index (χ4n) is 5.72. The summed E-state index contributed by atoms with van der Waals surface area (Å²) in [5.41, 5.74) is 5.40. The van der Waals surface area contributed by atoms with E-state index in [-0.39, 0.29) is 28.3 Å². The molecule has 2 N–H and O–H groups in total. The maximum absolute atomic E-state index is 13.3. The van der Waals surface area contributed by atoms with Gasteiger partial charge in [0.05, 0.1) is 7.11 Å². The minimum absolute atomic E-state index is 0.0725. The molecule has 2 aliphatic carbocycles. The number of ketones is 1. The van der Waals surface area contributed by atoms with E-state index >= 15 is 0 Å². The van der Waals surface area contributed by atoms with Crippen LogP contribution in [0.5, 0.6) is 11.5 Å². The summed E-state index contributed by atoms with van der Waals surface area (Å²) in [6.45, 7) is 11.2. The van der Waals surface area contributed by atoms with Gasteiger partial charge in [0.2, 0.25) is 0 Å². The maximum Gasteiger partial charge on any atom is 0.162 e. The Kier molecular flexibility index (Phi) is 6.07. The van der Waals surface area contributed by atoms with Crippen molar-refractivity contribution in [3.8, 4) is 11.5 Å². The molecule has 33 heavy (non-hydrogen) atoms. The van der Waals surface area contributed by atoms with Crippen LogP contribution in [0, 0.1) is 16.7 Å². The molecule has 0 amide bonds. The Morgan fingerprint density at radius 3 is 2.64 bits per heavy atom. The van der Waals surface area contributed by atoms with Gasteiger partial charge < -0.3 is 15.2 Å². The summed E-state index contributed by atoms with van der Waals surface area (Å²) in [7, 11) is 1.55. The van der Waals surface area contributed by atoms with E-state index in [1.165, 1.54) is 12.0 Å². The molecule has 2 unspecified atom stereocenters. The summed E-state index contributed by atoms with van der Waals surface area (Å²) >= 11 is 0. The number of dihydropyridines is 1. The average Bonchev–Trinajstić information content (AvgIpc) is 2.71. The molecule has 1 heterocycles. The SMILES string of the molecule is COc1cc(C2C=C(/C=C/C3C(C)=CCCC3(C)C)NC3=C2C(=O)CC(C)(C)C3)ccc1O. The first-order valence-corrected chi connectivity index (χ1v) is 12.0. The Labute approximate surface area is 198 Å². The lowest BCUT2D eigenvalue weighted by molar-refractivity contribution is -0.118. The fraction of sp³-hybridized carbons (Fsp3) is 0.483. The van der Waals surface area contributed by atoms with Crippen LogP contribution in [-0.4, -0.2) is 18.0 Å². The van der Waals surface area contributed by atoms with Gasteiger partial charge in [-0.05, 0) is 66.9 Å². The number of carbonyl (C=O) groups is 1. The normalized spacial score (nSPS) is 26.4. The zero-order valence-corrected chi connectivity index (χ0v) is 20.8. The van der Waals surface area contributed by atoms with Gasteiger partial charge in [0.1, 0.15) is 0 Å². The zero-order valence-electron chi connectivity index (χ0n) is 20.8. The summed E-state index contributed by atoms with van der Waals surface area (Å²) in [5.74, 6) is 0.937. The van der Waals surface area contributed by atoms with Gasteiger partial charge in [-0.3, -0.25) is 4.79 Å². The van der Waals surface area contributed by atoms with E-state index in [4.69, 9.17) is 4.74 Å². The van der Waals surface area contributed by atoms with Crippen LogP contribution in [0.3, 0.4) is 0 Å². The first-order chi connectivity index (χ1) is 15.5. The molecule has 1 aromatic carbocycles. The predicted octanol–water partition coefficient (Wildman–Crippen LogP) is 6.55. The van der Waals surface area contributed by atoms with Crippen molar-refractivity contribution < 1.29 is 14.6 Å². The van der Waals surface area contributed by atoms with Gasteiger partial charge in [-0.25, -0.2) is 0 Å². The zero-order chi connectivity index (χ0) is 24.0. The minimum Gasteiger partial charge on any atom is -0.504 e. The van der Waals surface area contributed by atoms with Crippen molar-refractivity contribution >= 4 is 5.78 Å². The summed E-state index contributed by atoms with van der Waals surface area (Å²) in [5, 5.41) is 13.7. The van der Waals surface area contributed by atoms with E-state index in [1.807, 2.05) is 12.1 Å². The molecule has 2 atom stereocenters. The molecule has 1 aliphatic heterocycles. The Morgan fingerprint density at radius 1 is 1.18 bits per heavy atom. The summed E-state index contributed by atoms with van der Waals surface area (Å²) in [6.07, 6.45) is 12.7. The molecule has 4 nitrogen and oxygen atoms in total. The van der Waals surface area contributed by atoms with Gasteiger partial charge in [0, 0.05) is 35.2 Å². The van der Waals surface area contributed by atoms with Gasteiger partial charge >= 0.3 is 0 Å². The van der Waals surface area contributed by atoms with E-state index in [0.717, 1.165) is 35.4 Å². The third-order valence-corrected chi connectivity index (χ3v) is 7.49. The number of rotatable bonds is 4. The maximum atomic E-state index is 13.3. The number of carbonyl (C=O) groups excluding carboxylic acids is 1. The van der Waals surface area contributed by atoms with Gasteiger partial charge in [0.15, 0.2) is 17.3 Å². The molecular formula is C29H37NO3. The van der Waals surface area contributed by atoms with Gasteiger partial charge in [-0.1, -0.05) is 51.5 Å². The minimum atomic E-state index is -0.171. The van der Waals surface area contributed by atoms with E-state index in [9.17, 15) is 9.90 Å². The number of methoxy groups -OCH3 is 1. The molecule has 0 radical (unpaired) electrons. The van der Waals surface area contributed by atoms with Crippen LogP contribution in [0.1, 0.15) is 71.8 Å². The molecule has 3 aliphatic rings. The van der Waals surface area contributed by atoms with Crippen LogP contribution in [0.15, 0.2) is 65.0 Å². The van der Waals surface area contributed by atoms with Crippen LogP contribution in [0.4, 0.5) is 0 Å². The Morgan fingerprint density at radius 2 is 1.94 bits per heavy atom. The number of aromatic hydroxyl groups is 1. The molecule has 176 valence electrons. The summed E-state index contributed by atoms with van der Waals surface area (Å²) < 4.78 is 5.35. The van der Waals surface area contributed by atoms with Crippen molar-refractivity contribution in [3.05, 3.63) is 70.6 Å². The predicted molar refractivity (Wildman–Crippen MR) is 133 cm³/mol. The molecule has 0 fully saturated rings. The quantitative estimate of drug-likeness (QED) is 0.514. The Bertz CT molecular complexity index is 1080. The van der Waals surface area contributed by atoms with E-state index in [0.29, 0.717) is 18.1 Å². The third kappa shape index (κ3) is 4.66. The fourth-order valence-corrected chi connectivity index (χ4v) is 5.72. The molecular weight excluding hydrogens is 410 g/mol. The molecule has 0 saturated carbocycles. The average molecular weight is 448 g/mol. The molecule has 0 aromatic heterocycles. The van der Waals surface area contributed by atoms with Crippen molar-refractivity contribution in [3.63, 3.8) is 0 Å². The molecule has 0 saturated heterocycles. The highest BCUT2D eigenvalue weighted by Gasteiger charge is 2.38. The molecule has 4 heteroatoms. The Hall–Kier alpha value is -2.75. The number of benzene rings is 1. The van der Waals surface area contributed by atoms with Crippen LogP contribution in [-0.2, 0) is 4.79 Å². The van der Waals surface area contributed by atoms with Crippen molar-refractivity contribution in [2.75, 3.05) is 7.11 Å². The summed E-state index contributed by atoms with van der Waals surface area (Å²) in [4.78, 5) is 13.3. The molecule has 1 aromatic rings. The highest BCUT2D eigenvalue weighted by atomic mass is 16.5. The van der Waals surface area contributed by atoms with Crippen molar-refractivity contribution in [2.45, 2.75) is 66.2 Å². The Balaban J connectivity index is 1.75. The number of Topliss-reactive ketones (excluding diaryl/α,β-unsaturated/α-hetero) is 1. The number of ether oxygens (including phenoxy) is 1. The van der Waals surface area contributed by atoms with Crippen LogP contribution < -0.4 is 10.1 Å². The highest BCUT2D eigenvalue weighted by molar-refractivity contribution is 5.99. The van der Waals surface area contributed by atoms with Gasteiger partial charge in [0.25, 0.3) is 0 Å². The van der Waals surface area contributed by atoms with Crippen LogP contribution in [0.2, 0.25) is 0 Å². The van der Waals surface area contributed by atoms with Crippen LogP contribution >= 0.6 is 0 Å². The van der Waals surface area contributed by atoms with Crippen molar-refractivity contribution in [1.29, 1.82) is 0 Å². The van der Waals surface area contributed by atoms with E-state index < -0.39 is 0 Å². The van der Waals surface area contributed by atoms with Gasteiger partial charge in [-0.2, -0.15) is 0 Å². The molecule has 4 rings (SSSR count). The number of nitrogens with one attached hydrogen (secondary N) is 1. The van der Waals surface area contributed by atoms with Crippen LogP contribution in [0.25, 0.3) is 0 Å². The van der Waals surface area contributed by atoms with E-state index in [2.05, 4.69) is 64.2 Å². The number of hydrogen-bond acceptors (Lipinski definition) is 4. The molecule has 0 bridgehead atoms. The van der Waals surface area contributed by atoms with Crippen molar-refractivity contribution in [2.24, 2.45) is 16.7 Å². The topological polar surface area (TPSA) is 58.6 Å². The third-order valence-electron chi connectivity index (χ3n) is 7.49. The van der Waals surface area contributed by atoms with Crippen molar-refractivity contribution in [1.82, 2.24) is 5.32 Å². The molecule has 0 spiro atoms. The lowest BCUT2D eigenvalue weighted by Gasteiger charge is -2.38. The largest absolute Gasteiger partial charge is 0.504 e. The van der Waals surface area contributed by atoms with E-state index in [1.54, 1.807) is 13.2 Å². The first-order valence-electron chi connectivity index (χ1n) is 12.0. The lowest BCUT2D eigenvalue weighted by atomic mass is 9.68. The first kappa shape index (κ1) is 23.4. The number of phenolic OH excluding ortho intramolecular Hbond substituents is 1. The standard InChI is InChI=1S/C29H37NO3/c1-18-8-7-13-29(4,5)22(18)11-10-20-15-21(19-9-12-24(31)26(14-19)33-6)27-23(30-20)16-28(2,3)17-25(27)32/h8-12,14-15,21-22,30-31H,7,13,16-17H2,1-6H3/b11-10+.